The molecule has 2 N–H and O–H groups in total. The SMILES string of the molecule is CN=C(NCc1ccccc1-n1nc(C)cc1C)NCc1nccc2ccccc12. The molecule has 152 valence electrons. The van der Waals surface area contributed by atoms with Crippen molar-refractivity contribution in [3.05, 3.63) is 89.5 Å². The molecule has 0 spiro atoms. The number of pyridine rings is 1. The third-order valence-electron chi connectivity index (χ3n) is 5.08. The first-order valence-electron chi connectivity index (χ1n) is 10.0. The Kier molecular flexibility index (Phi) is 5.75. The molecule has 2 aromatic heterocycles. The molecule has 6 nitrogen and oxygen atoms in total. The number of aromatic nitrogens is 3. The van der Waals surface area contributed by atoms with Gasteiger partial charge >= 0.3 is 0 Å². The molecule has 0 bridgehead atoms. The Morgan fingerprint density at radius 1 is 0.967 bits per heavy atom. The van der Waals surface area contributed by atoms with Crippen molar-refractivity contribution in [2.24, 2.45) is 4.99 Å². The number of aliphatic imine (C=N–C) groups is 1. The number of benzene rings is 2. The van der Waals surface area contributed by atoms with Crippen LogP contribution in [0.4, 0.5) is 0 Å². The van der Waals surface area contributed by atoms with Gasteiger partial charge in [0.2, 0.25) is 0 Å². The molecule has 2 aromatic carbocycles. The first-order chi connectivity index (χ1) is 14.7. The number of para-hydroxylation sites is 1. The molecule has 0 aliphatic carbocycles. The highest BCUT2D eigenvalue weighted by Gasteiger charge is 2.10. The smallest absolute Gasteiger partial charge is 0.191 e. The number of guanidine groups is 1. The number of nitrogens with zero attached hydrogens (tertiary/aromatic N) is 4. The van der Waals surface area contributed by atoms with Gasteiger partial charge in [-0.05, 0) is 43.0 Å². The molecular formula is C24H26N6. The van der Waals surface area contributed by atoms with E-state index < -0.39 is 0 Å². The third kappa shape index (κ3) is 4.17. The zero-order chi connectivity index (χ0) is 20.9. The fourth-order valence-electron chi connectivity index (χ4n) is 3.63. The highest BCUT2D eigenvalue weighted by atomic mass is 15.3. The largest absolute Gasteiger partial charge is 0.352 e. The second-order valence-electron chi connectivity index (χ2n) is 7.23. The van der Waals surface area contributed by atoms with Crippen molar-refractivity contribution in [2.45, 2.75) is 26.9 Å². The van der Waals surface area contributed by atoms with E-state index >= 15 is 0 Å². The van der Waals surface area contributed by atoms with Crippen molar-refractivity contribution in [3.8, 4) is 5.69 Å². The number of hydrogen-bond acceptors (Lipinski definition) is 3. The van der Waals surface area contributed by atoms with Gasteiger partial charge in [-0.3, -0.25) is 9.98 Å². The van der Waals surface area contributed by atoms with Crippen LogP contribution in [0.5, 0.6) is 0 Å². The first kappa shape index (κ1) is 19.6. The highest BCUT2D eigenvalue weighted by molar-refractivity contribution is 5.85. The van der Waals surface area contributed by atoms with Crippen molar-refractivity contribution in [3.63, 3.8) is 0 Å². The average molecular weight is 399 g/mol. The van der Waals surface area contributed by atoms with Gasteiger partial charge in [0.25, 0.3) is 0 Å². The van der Waals surface area contributed by atoms with Crippen LogP contribution in [0.25, 0.3) is 16.5 Å². The maximum absolute atomic E-state index is 4.63. The van der Waals surface area contributed by atoms with Crippen LogP contribution >= 0.6 is 0 Å². The molecule has 6 heteroatoms. The molecule has 4 aromatic rings. The zero-order valence-corrected chi connectivity index (χ0v) is 17.6. The quantitative estimate of drug-likeness (QED) is 0.395. The van der Waals surface area contributed by atoms with E-state index in [1.54, 1.807) is 7.05 Å². The van der Waals surface area contributed by atoms with Crippen molar-refractivity contribution >= 4 is 16.7 Å². The lowest BCUT2D eigenvalue weighted by molar-refractivity contribution is 0.777. The number of aryl methyl sites for hydroxylation is 2. The van der Waals surface area contributed by atoms with Gasteiger partial charge in [0.05, 0.1) is 23.6 Å². The van der Waals surface area contributed by atoms with Gasteiger partial charge in [0, 0.05) is 30.9 Å². The summed E-state index contributed by atoms with van der Waals surface area (Å²) in [6.45, 7) is 5.32. The van der Waals surface area contributed by atoms with Gasteiger partial charge in [-0.25, -0.2) is 4.68 Å². The van der Waals surface area contributed by atoms with Crippen LogP contribution < -0.4 is 10.6 Å². The number of hydrogen-bond donors (Lipinski definition) is 2. The molecule has 0 amide bonds. The Labute approximate surface area is 176 Å². The summed E-state index contributed by atoms with van der Waals surface area (Å²) in [6, 6.07) is 20.7. The minimum Gasteiger partial charge on any atom is -0.352 e. The topological polar surface area (TPSA) is 67.1 Å². The summed E-state index contributed by atoms with van der Waals surface area (Å²) in [6.07, 6.45) is 1.85. The summed E-state index contributed by atoms with van der Waals surface area (Å²) in [5, 5.41) is 13.8. The molecular weight excluding hydrogens is 372 g/mol. The number of rotatable bonds is 5. The van der Waals surface area contributed by atoms with E-state index in [9.17, 15) is 0 Å². The molecule has 0 atom stereocenters. The lowest BCUT2D eigenvalue weighted by atomic mass is 10.1. The van der Waals surface area contributed by atoms with E-state index in [0.29, 0.717) is 13.1 Å². The molecule has 0 aliphatic rings. The van der Waals surface area contributed by atoms with Crippen molar-refractivity contribution in [2.75, 3.05) is 7.05 Å². The fourth-order valence-corrected chi connectivity index (χ4v) is 3.63. The summed E-state index contributed by atoms with van der Waals surface area (Å²) < 4.78 is 1.99. The van der Waals surface area contributed by atoms with E-state index in [4.69, 9.17) is 0 Å². The van der Waals surface area contributed by atoms with Crippen molar-refractivity contribution in [1.29, 1.82) is 0 Å². The van der Waals surface area contributed by atoms with Gasteiger partial charge < -0.3 is 10.6 Å². The first-order valence-corrected chi connectivity index (χ1v) is 10.0. The summed E-state index contributed by atoms with van der Waals surface area (Å²) in [5.41, 5.74) is 5.34. The summed E-state index contributed by atoms with van der Waals surface area (Å²) in [7, 11) is 1.78. The van der Waals surface area contributed by atoms with E-state index in [2.05, 4.69) is 63.0 Å². The molecule has 0 unspecified atom stereocenters. The molecule has 0 aliphatic heterocycles. The zero-order valence-electron chi connectivity index (χ0n) is 17.6. The molecule has 30 heavy (non-hydrogen) atoms. The third-order valence-corrected chi connectivity index (χ3v) is 5.08. The Hall–Kier alpha value is -3.67. The lowest BCUT2D eigenvalue weighted by Crippen LogP contribution is -2.36. The van der Waals surface area contributed by atoms with Crippen molar-refractivity contribution in [1.82, 2.24) is 25.4 Å². The van der Waals surface area contributed by atoms with Gasteiger partial charge in [0.15, 0.2) is 5.96 Å². The van der Waals surface area contributed by atoms with E-state index in [1.165, 1.54) is 5.39 Å². The molecule has 4 rings (SSSR count). The second kappa shape index (κ2) is 8.78. The van der Waals surface area contributed by atoms with Crippen LogP contribution in [0.15, 0.2) is 71.9 Å². The normalized spacial score (nSPS) is 11.6. The predicted molar refractivity (Wildman–Crippen MR) is 122 cm³/mol. The second-order valence-corrected chi connectivity index (χ2v) is 7.23. The minimum atomic E-state index is 0.597. The van der Waals surface area contributed by atoms with Crippen LogP contribution in [0.3, 0.4) is 0 Å². The van der Waals surface area contributed by atoms with Gasteiger partial charge in [-0.15, -0.1) is 0 Å². The van der Waals surface area contributed by atoms with E-state index in [-0.39, 0.29) is 0 Å². The number of nitrogens with one attached hydrogen (secondary N) is 2. The number of fused-ring (bicyclic) bond motifs is 1. The van der Waals surface area contributed by atoms with Crippen LogP contribution in [-0.4, -0.2) is 27.8 Å². The molecule has 0 saturated carbocycles. The lowest BCUT2D eigenvalue weighted by Gasteiger charge is -2.15. The summed E-state index contributed by atoms with van der Waals surface area (Å²) in [5.74, 6) is 0.730. The van der Waals surface area contributed by atoms with Crippen molar-refractivity contribution < 1.29 is 0 Å². The van der Waals surface area contributed by atoms with Crippen LogP contribution in [-0.2, 0) is 13.1 Å². The van der Waals surface area contributed by atoms with Crippen LogP contribution in [0, 0.1) is 13.8 Å². The standard InChI is InChI=1S/C24H26N6/c1-17-14-18(2)30(29-17)23-11-7-5-9-20(23)15-27-24(25-3)28-16-22-21-10-6-4-8-19(21)12-13-26-22/h4-14H,15-16H2,1-3H3,(H2,25,27,28). The van der Waals surface area contributed by atoms with Crippen LogP contribution in [0.2, 0.25) is 0 Å². The molecule has 0 radical (unpaired) electrons. The Balaban J connectivity index is 1.46. The highest BCUT2D eigenvalue weighted by Crippen LogP contribution is 2.17. The minimum absolute atomic E-state index is 0.597. The van der Waals surface area contributed by atoms with E-state index in [1.807, 2.05) is 48.1 Å². The Bertz CT molecular complexity index is 1190. The molecule has 0 fully saturated rings. The Morgan fingerprint density at radius 2 is 1.73 bits per heavy atom. The maximum Gasteiger partial charge on any atom is 0.191 e. The maximum atomic E-state index is 4.63. The molecule has 2 heterocycles. The van der Waals surface area contributed by atoms with Crippen LogP contribution in [0.1, 0.15) is 22.6 Å². The van der Waals surface area contributed by atoms with Gasteiger partial charge in [-0.2, -0.15) is 5.10 Å². The average Bonchev–Trinajstić information content (AvgIpc) is 3.11. The summed E-state index contributed by atoms with van der Waals surface area (Å²) in [4.78, 5) is 8.91. The van der Waals surface area contributed by atoms with E-state index in [0.717, 1.165) is 39.7 Å². The monoisotopic (exact) mass is 398 g/mol. The van der Waals surface area contributed by atoms with Gasteiger partial charge in [0.1, 0.15) is 0 Å². The molecule has 0 saturated heterocycles. The summed E-state index contributed by atoms with van der Waals surface area (Å²) >= 11 is 0. The Morgan fingerprint density at radius 3 is 2.53 bits per heavy atom. The fraction of sp³-hybridized carbons (Fsp3) is 0.208. The van der Waals surface area contributed by atoms with Gasteiger partial charge in [-0.1, -0.05) is 42.5 Å². The predicted octanol–water partition coefficient (Wildman–Crippen LogP) is 3.90.